The average molecular weight is 406 g/mol. The van der Waals surface area contributed by atoms with Gasteiger partial charge in [0.25, 0.3) is 0 Å². The maximum absolute atomic E-state index is 14.0. The zero-order valence-electron chi connectivity index (χ0n) is 15.5. The van der Waals surface area contributed by atoms with Crippen molar-refractivity contribution in [3.05, 3.63) is 69.7 Å². The number of rotatable bonds is 3. The van der Waals surface area contributed by atoms with Gasteiger partial charge in [0.15, 0.2) is 5.78 Å². The predicted molar refractivity (Wildman–Crippen MR) is 103 cm³/mol. The summed E-state index contributed by atoms with van der Waals surface area (Å²) in [6.07, 6.45) is -1.14. The Labute approximate surface area is 166 Å². The third-order valence-corrected chi connectivity index (χ3v) is 4.15. The van der Waals surface area contributed by atoms with Crippen molar-refractivity contribution in [1.82, 2.24) is 4.90 Å². The van der Waals surface area contributed by atoms with Crippen molar-refractivity contribution in [2.45, 2.75) is 26.3 Å². The second kappa shape index (κ2) is 8.41. The molecule has 0 saturated carbocycles. The summed E-state index contributed by atoms with van der Waals surface area (Å²) in [7, 11) is 0. The van der Waals surface area contributed by atoms with Gasteiger partial charge in [0.05, 0.1) is 12.1 Å². The molecule has 0 aliphatic carbocycles. The number of nitrogens with zero attached hydrogens (tertiary/aromatic N) is 1. The minimum Gasteiger partial charge on any atom is -0.465 e. The number of carbonyl (C=O) groups excluding carboxylic acids is 1. The van der Waals surface area contributed by atoms with Gasteiger partial charge in [0, 0.05) is 21.7 Å². The fourth-order valence-electron chi connectivity index (χ4n) is 2.47. The van der Waals surface area contributed by atoms with Gasteiger partial charge in [-0.1, -0.05) is 29.5 Å². The Morgan fingerprint density at radius 3 is 2.29 bits per heavy atom. The molecule has 0 atom stereocenters. The molecule has 0 aliphatic rings. The van der Waals surface area contributed by atoms with E-state index in [1.807, 2.05) is 0 Å². The quantitative estimate of drug-likeness (QED) is 0.578. The Balaban J connectivity index is 2.44. The zero-order chi connectivity index (χ0) is 21.1. The standard InChI is InChI=1S/C21H18ClF2NO3/c1-21(2,3)25(20(27)28)11-5-6-13-9-10-14(22)12-15(13)19(26)18-16(23)7-4-8-17(18)24/h4,7-10,12H,11H2,1-3H3,(H,27,28). The molecule has 7 heteroatoms. The van der Waals surface area contributed by atoms with Crippen LogP contribution in [0.4, 0.5) is 13.6 Å². The molecule has 0 saturated heterocycles. The first-order chi connectivity index (χ1) is 13.0. The van der Waals surface area contributed by atoms with Gasteiger partial charge in [0.1, 0.15) is 11.6 Å². The number of amides is 1. The van der Waals surface area contributed by atoms with Crippen LogP contribution in [-0.4, -0.2) is 34.0 Å². The van der Waals surface area contributed by atoms with Crippen LogP contribution in [-0.2, 0) is 0 Å². The van der Waals surface area contributed by atoms with Crippen LogP contribution in [0.1, 0.15) is 42.3 Å². The molecule has 0 radical (unpaired) electrons. The lowest BCUT2D eigenvalue weighted by Gasteiger charge is -2.31. The van der Waals surface area contributed by atoms with Crippen molar-refractivity contribution in [2.24, 2.45) is 0 Å². The van der Waals surface area contributed by atoms with Gasteiger partial charge in [0.2, 0.25) is 0 Å². The maximum Gasteiger partial charge on any atom is 0.408 e. The topological polar surface area (TPSA) is 57.6 Å². The summed E-state index contributed by atoms with van der Waals surface area (Å²) < 4.78 is 28.0. The SMILES string of the molecule is CC(C)(C)N(CC#Cc1ccc(Cl)cc1C(=O)c1c(F)cccc1F)C(=O)O. The first-order valence-corrected chi connectivity index (χ1v) is 8.68. The normalized spacial score (nSPS) is 10.8. The number of carbonyl (C=O) groups is 2. The molecule has 0 aliphatic heterocycles. The highest BCUT2D eigenvalue weighted by Gasteiger charge is 2.25. The zero-order valence-corrected chi connectivity index (χ0v) is 16.3. The first kappa shape index (κ1) is 21.4. The van der Waals surface area contributed by atoms with Crippen molar-refractivity contribution >= 4 is 23.5 Å². The summed E-state index contributed by atoms with van der Waals surface area (Å²) in [5.41, 5.74) is -1.25. The number of ketones is 1. The van der Waals surface area contributed by atoms with Crippen LogP contribution in [0.5, 0.6) is 0 Å². The summed E-state index contributed by atoms with van der Waals surface area (Å²) in [5, 5.41) is 9.50. The molecule has 146 valence electrons. The minimum atomic E-state index is -1.14. The lowest BCUT2D eigenvalue weighted by molar-refractivity contribution is 0.102. The van der Waals surface area contributed by atoms with Gasteiger partial charge in [-0.2, -0.15) is 0 Å². The molecule has 2 aromatic carbocycles. The molecule has 0 heterocycles. The van der Waals surface area contributed by atoms with E-state index in [1.165, 1.54) is 18.2 Å². The Kier molecular flexibility index (Phi) is 6.42. The summed E-state index contributed by atoms with van der Waals surface area (Å²) in [5.74, 6) is 2.53. The van der Waals surface area contributed by atoms with E-state index >= 15 is 0 Å². The van der Waals surface area contributed by atoms with Gasteiger partial charge >= 0.3 is 6.09 Å². The highest BCUT2D eigenvalue weighted by atomic mass is 35.5. The molecule has 28 heavy (non-hydrogen) atoms. The number of hydrogen-bond donors (Lipinski definition) is 1. The average Bonchev–Trinajstić information content (AvgIpc) is 2.57. The summed E-state index contributed by atoms with van der Waals surface area (Å²) >= 11 is 5.94. The summed E-state index contributed by atoms with van der Waals surface area (Å²) in [6, 6.07) is 7.34. The van der Waals surface area contributed by atoms with Gasteiger partial charge in [-0.05, 0) is 51.1 Å². The predicted octanol–water partition coefficient (Wildman–Crippen LogP) is 4.98. The third kappa shape index (κ3) is 4.87. The van der Waals surface area contributed by atoms with Crippen LogP contribution in [0.2, 0.25) is 5.02 Å². The number of hydrogen-bond acceptors (Lipinski definition) is 2. The number of benzene rings is 2. The molecular formula is C21H18ClF2NO3. The minimum absolute atomic E-state index is 0.0679. The van der Waals surface area contributed by atoms with E-state index < -0.39 is 34.6 Å². The monoisotopic (exact) mass is 405 g/mol. The van der Waals surface area contributed by atoms with Crippen LogP contribution in [0, 0.1) is 23.5 Å². The Morgan fingerprint density at radius 2 is 1.75 bits per heavy atom. The van der Waals surface area contributed by atoms with Crippen molar-refractivity contribution in [3.8, 4) is 11.8 Å². The van der Waals surface area contributed by atoms with Crippen LogP contribution in [0.15, 0.2) is 36.4 Å². The van der Waals surface area contributed by atoms with Crippen molar-refractivity contribution in [1.29, 1.82) is 0 Å². The van der Waals surface area contributed by atoms with E-state index in [1.54, 1.807) is 20.8 Å². The third-order valence-electron chi connectivity index (χ3n) is 3.92. The maximum atomic E-state index is 14.0. The van der Waals surface area contributed by atoms with E-state index in [0.717, 1.165) is 23.1 Å². The Bertz CT molecular complexity index is 967. The highest BCUT2D eigenvalue weighted by molar-refractivity contribution is 6.31. The van der Waals surface area contributed by atoms with Gasteiger partial charge in [-0.25, -0.2) is 13.6 Å². The van der Waals surface area contributed by atoms with Crippen molar-refractivity contribution in [2.75, 3.05) is 6.54 Å². The lowest BCUT2D eigenvalue weighted by atomic mass is 9.97. The largest absolute Gasteiger partial charge is 0.465 e. The second-order valence-electron chi connectivity index (χ2n) is 6.96. The second-order valence-corrected chi connectivity index (χ2v) is 7.39. The van der Waals surface area contributed by atoms with Crippen LogP contribution < -0.4 is 0 Å². The first-order valence-electron chi connectivity index (χ1n) is 8.30. The smallest absolute Gasteiger partial charge is 0.408 e. The Hall–Kier alpha value is -2.91. The van der Waals surface area contributed by atoms with Crippen molar-refractivity contribution < 1.29 is 23.5 Å². The van der Waals surface area contributed by atoms with E-state index in [2.05, 4.69) is 11.8 Å². The number of halogens is 3. The molecule has 0 unspecified atom stereocenters. The van der Waals surface area contributed by atoms with E-state index in [-0.39, 0.29) is 22.7 Å². The van der Waals surface area contributed by atoms with Gasteiger partial charge < -0.3 is 5.11 Å². The summed E-state index contributed by atoms with van der Waals surface area (Å²) in [4.78, 5) is 25.2. The van der Waals surface area contributed by atoms with E-state index in [0.29, 0.717) is 0 Å². The Morgan fingerprint density at radius 1 is 1.14 bits per heavy atom. The molecule has 0 bridgehead atoms. The molecular weight excluding hydrogens is 388 g/mol. The number of carboxylic acid groups (broad SMARTS) is 1. The fourth-order valence-corrected chi connectivity index (χ4v) is 2.64. The van der Waals surface area contributed by atoms with Crippen LogP contribution >= 0.6 is 11.6 Å². The molecule has 1 N–H and O–H groups in total. The highest BCUT2D eigenvalue weighted by Crippen LogP contribution is 2.22. The molecule has 0 spiro atoms. The van der Waals surface area contributed by atoms with E-state index in [9.17, 15) is 23.5 Å². The lowest BCUT2D eigenvalue weighted by Crippen LogP contribution is -2.45. The molecule has 0 aromatic heterocycles. The van der Waals surface area contributed by atoms with Crippen molar-refractivity contribution in [3.63, 3.8) is 0 Å². The molecule has 0 fully saturated rings. The molecule has 2 aromatic rings. The van der Waals surface area contributed by atoms with Gasteiger partial charge in [-0.3, -0.25) is 9.69 Å². The fraction of sp³-hybridized carbons (Fsp3) is 0.238. The van der Waals surface area contributed by atoms with Gasteiger partial charge in [-0.15, -0.1) is 0 Å². The summed E-state index contributed by atoms with van der Waals surface area (Å²) in [6.45, 7) is 5.06. The van der Waals surface area contributed by atoms with Crippen LogP contribution in [0.25, 0.3) is 0 Å². The van der Waals surface area contributed by atoms with E-state index in [4.69, 9.17) is 11.6 Å². The molecule has 4 nitrogen and oxygen atoms in total. The molecule has 1 amide bonds. The molecule has 2 rings (SSSR count). The van der Waals surface area contributed by atoms with Crippen LogP contribution in [0.3, 0.4) is 0 Å².